The highest BCUT2D eigenvalue weighted by atomic mass is 32.2. The number of hydrogen-bond acceptors (Lipinski definition) is 7. The van der Waals surface area contributed by atoms with Crippen LogP contribution >= 0.6 is 11.8 Å². The minimum atomic E-state index is -0.646. The second-order valence-corrected chi connectivity index (χ2v) is 5.28. The van der Waals surface area contributed by atoms with Crippen LogP contribution in [0, 0.1) is 5.82 Å². The van der Waals surface area contributed by atoms with Crippen molar-refractivity contribution in [2.45, 2.75) is 6.61 Å². The molecule has 2 rings (SSSR count). The van der Waals surface area contributed by atoms with Gasteiger partial charge in [-0.15, -0.1) is 5.10 Å². The number of nitrogens with zero attached hydrogens (tertiary/aromatic N) is 2. The second kappa shape index (κ2) is 7.65. The van der Waals surface area contributed by atoms with E-state index in [2.05, 4.69) is 20.3 Å². The van der Waals surface area contributed by atoms with E-state index in [0.29, 0.717) is 5.56 Å². The maximum atomic E-state index is 13.5. The van der Waals surface area contributed by atoms with E-state index in [-0.39, 0.29) is 22.2 Å². The lowest BCUT2D eigenvalue weighted by atomic mass is 10.1. The summed E-state index contributed by atoms with van der Waals surface area (Å²) in [5, 5.41) is 19.0. The van der Waals surface area contributed by atoms with E-state index in [9.17, 15) is 14.0 Å². The number of carbonyl (C=O) groups excluding carboxylic acids is 2. The maximum Gasteiger partial charge on any atom is 0.331 e. The molecule has 1 fully saturated rings. The van der Waals surface area contributed by atoms with Crippen LogP contribution in [0.3, 0.4) is 0 Å². The number of halogens is 1. The molecule has 1 aromatic rings. The topological polar surface area (TPSA) is 100 Å². The molecule has 0 spiro atoms. The number of esters is 1. The molecule has 0 bridgehead atoms. The van der Waals surface area contributed by atoms with Gasteiger partial charge >= 0.3 is 5.97 Å². The van der Waals surface area contributed by atoms with Gasteiger partial charge in [0.05, 0.1) is 24.8 Å². The summed E-state index contributed by atoms with van der Waals surface area (Å²) in [7, 11) is 1.21. The number of benzene rings is 1. The highest BCUT2D eigenvalue weighted by Crippen LogP contribution is 2.23. The number of carbonyl (C=O) groups is 2. The predicted octanol–water partition coefficient (Wildman–Crippen LogP) is 0.928. The maximum absolute atomic E-state index is 13.5. The van der Waals surface area contributed by atoms with Crippen LogP contribution in [-0.2, 0) is 20.9 Å². The van der Waals surface area contributed by atoms with Gasteiger partial charge in [0.2, 0.25) is 0 Å². The molecule has 1 saturated heterocycles. The minimum absolute atomic E-state index is 0.143. The molecule has 0 aromatic heterocycles. The summed E-state index contributed by atoms with van der Waals surface area (Å²) >= 11 is 0.936. The summed E-state index contributed by atoms with van der Waals surface area (Å²) in [4.78, 5) is 22.8. The molecule has 0 radical (unpaired) electrons. The van der Waals surface area contributed by atoms with Crippen molar-refractivity contribution in [1.29, 1.82) is 0 Å². The Morgan fingerprint density at radius 3 is 2.96 bits per heavy atom. The standard InChI is InChI=1S/C14H12FN3O4S/c1-22-12(20)5-11-13(21)17-14(23-11)18-16-6-8-2-3-9(7-19)10(15)4-8/h2-6,19H,7H2,1H3,(H,17,18,21)/b11-5+,16-6?. The zero-order valence-electron chi connectivity index (χ0n) is 11.9. The number of methoxy groups -OCH3 is 1. The Morgan fingerprint density at radius 2 is 2.30 bits per heavy atom. The van der Waals surface area contributed by atoms with E-state index in [1.54, 1.807) is 6.07 Å². The third kappa shape index (κ3) is 4.47. The lowest BCUT2D eigenvalue weighted by Crippen LogP contribution is -2.19. The van der Waals surface area contributed by atoms with Crippen LogP contribution in [0.25, 0.3) is 0 Å². The Kier molecular flexibility index (Phi) is 5.61. The van der Waals surface area contributed by atoms with E-state index in [1.807, 2.05) is 0 Å². The molecule has 0 atom stereocenters. The summed E-state index contributed by atoms with van der Waals surface area (Å²) in [6.45, 7) is -0.385. The highest BCUT2D eigenvalue weighted by molar-refractivity contribution is 8.18. The molecular weight excluding hydrogens is 325 g/mol. The first-order valence-electron chi connectivity index (χ1n) is 6.32. The average Bonchev–Trinajstić information content (AvgIpc) is 2.87. The quantitative estimate of drug-likeness (QED) is 0.368. The first-order valence-corrected chi connectivity index (χ1v) is 7.14. The molecule has 1 amide bonds. The highest BCUT2D eigenvalue weighted by Gasteiger charge is 2.24. The minimum Gasteiger partial charge on any atom is -0.466 e. The monoisotopic (exact) mass is 337 g/mol. The van der Waals surface area contributed by atoms with Crippen molar-refractivity contribution in [3.8, 4) is 0 Å². The molecule has 120 valence electrons. The number of thioether (sulfide) groups is 1. The molecule has 1 aromatic carbocycles. The largest absolute Gasteiger partial charge is 0.466 e. The molecule has 0 unspecified atom stereocenters. The number of ether oxygens (including phenoxy) is 1. The number of nitrogens with one attached hydrogen (secondary N) is 1. The van der Waals surface area contributed by atoms with E-state index in [4.69, 9.17) is 5.11 Å². The second-order valence-electron chi connectivity index (χ2n) is 4.25. The van der Waals surface area contributed by atoms with Crippen molar-refractivity contribution in [1.82, 2.24) is 5.32 Å². The van der Waals surface area contributed by atoms with E-state index in [0.717, 1.165) is 17.8 Å². The molecule has 23 heavy (non-hydrogen) atoms. The smallest absolute Gasteiger partial charge is 0.331 e. The fourth-order valence-corrected chi connectivity index (χ4v) is 2.30. The van der Waals surface area contributed by atoms with Crippen molar-refractivity contribution in [3.05, 3.63) is 46.1 Å². The van der Waals surface area contributed by atoms with Crippen molar-refractivity contribution < 1.29 is 23.8 Å². The molecule has 2 N–H and O–H groups in total. The lowest BCUT2D eigenvalue weighted by Gasteiger charge is -1.99. The molecule has 7 nitrogen and oxygen atoms in total. The summed E-state index contributed by atoms with van der Waals surface area (Å²) in [6, 6.07) is 4.21. The van der Waals surface area contributed by atoms with Gasteiger partial charge in [-0.2, -0.15) is 5.10 Å². The summed E-state index contributed by atoms with van der Waals surface area (Å²) in [5.41, 5.74) is 0.633. The fraction of sp³-hybridized carbons (Fsp3) is 0.143. The fourth-order valence-electron chi connectivity index (χ4n) is 1.56. The van der Waals surface area contributed by atoms with Crippen LogP contribution in [0.1, 0.15) is 11.1 Å². The summed E-state index contributed by atoms with van der Waals surface area (Å²) in [6.07, 6.45) is 2.35. The average molecular weight is 337 g/mol. The van der Waals surface area contributed by atoms with Crippen LogP contribution < -0.4 is 5.32 Å². The number of aliphatic hydroxyl groups excluding tert-OH is 1. The molecule has 1 aliphatic rings. The van der Waals surface area contributed by atoms with Gasteiger partial charge in [0.1, 0.15) is 5.82 Å². The molecule has 1 heterocycles. The van der Waals surface area contributed by atoms with Gasteiger partial charge in [0.25, 0.3) is 5.91 Å². The third-order valence-corrected chi connectivity index (χ3v) is 3.60. The van der Waals surface area contributed by atoms with E-state index < -0.39 is 17.7 Å². The molecule has 9 heteroatoms. The van der Waals surface area contributed by atoms with Crippen molar-refractivity contribution in [2.24, 2.45) is 10.2 Å². The van der Waals surface area contributed by atoms with Crippen LogP contribution in [0.5, 0.6) is 0 Å². The first-order chi connectivity index (χ1) is 11.0. The van der Waals surface area contributed by atoms with Gasteiger partial charge < -0.3 is 9.84 Å². The predicted molar refractivity (Wildman–Crippen MR) is 83.2 cm³/mol. The van der Waals surface area contributed by atoms with E-state index in [1.165, 1.54) is 25.5 Å². The Bertz CT molecular complexity index is 731. The summed E-state index contributed by atoms with van der Waals surface area (Å²) in [5.74, 6) is -1.67. The van der Waals surface area contributed by atoms with Gasteiger partial charge in [0, 0.05) is 11.6 Å². The number of amides is 1. The molecule has 0 aliphatic carbocycles. The molecule has 1 aliphatic heterocycles. The van der Waals surface area contributed by atoms with Crippen LogP contribution in [0.2, 0.25) is 0 Å². The van der Waals surface area contributed by atoms with Crippen LogP contribution in [0.15, 0.2) is 39.4 Å². The van der Waals surface area contributed by atoms with Gasteiger partial charge in [0.15, 0.2) is 5.17 Å². The van der Waals surface area contributed by atoms with Crippen molar-refractivity contribution in [3.63, 3.8) is 0 Å². The molecular formula is C14H12FN3O4S. The van der Waals surface area contributed by atoms with Crippen molar-refractivity contribution in [2.75, 3.05) is 7.11 Å². The van der Waals surface area contributed by atoms with Gasteiger partial charge in [-0.25, -0.2) is 9.18 Å². The Morgan fingerprint density at radius 1 is 1.52 bits per heavy atom. The van der Waals surface area contributed by atoms with Crippen LogP contribution in [-0.4, -0.2) is 35.5 Å². The van der Waals surface area contributed by atoms with Crippen LogP contribution in [0.4, 0.5) is 4.39 Å². The number of hydrogen-bond donors (Lipinski definition) is 2. The lowest BCUT2D eigenvalue weighted by molar-refractivity contribution is -0.135. The van der Waals surface area contributed by atoms with Crippen molar-refractivity contribution >= 4 is 35.0 Å². The molecule has 0 saturated carbocycles. The SMILES string of the molecule is COC(=O)/C=C1/S/C(=N\N=Cc2ccc(CO)c(F)c2)NC1=O. The Balaban J connectivity index is 2.06. The normalized spacial score (nSPS) is 18.0. The Hall–Kier alpha value is -2.52. The zero-order chi connectivity index (χ0) is 16.8. The van der Waals surface area contributed by atoms with Gasteiger partial charge in [-0.3, -0.25) is 10.1 Å². The van der Waals surface area contributed by atoms with Gasteiger partial charge in [-0.05, 0) is 23.4 Å². The Labute approximate surface area is 134 Å². The zero-order valence-corrected chi connectivity index (χ0v) is 12.8. The third-order valence-electron chi connectivity index (χ3n) is 2.70. The van der Waals surface area contributed by atoms with Gasteiger partial charge in [-0.1, -0.05) is 12.1 Å². The first kappa shape index (κ1) is 16.8. The number of rotatable bonds is 4. The number of aliphatic hydroxyl groups is 1. The van der Waals surface area contributed by atoms with E-state index >= 15 is 0 Å². The summed E-state index contributed by atoms with van der Waals surface area (Å²) < 4.78 is 17.9. The number of amidine groups is 1.